The Bertz CT molecular complexity index is 811. The Morgan fingerprint density at radius 3 is 2.77 bits per heavy atom. The summed E-state index contributed by atoms with van der Waals surface area (Å²) in [5.41, 5.74) is 1.43. The maximum atomic E-state index is 12.9. The maximum Gasteiger partial charge on any atom is 0.266 e. The quantitative estimate of drug-likeness (QED) is 0.775. The second-order valence-electron chi connectivity index (χ2n) is 5.88. The van der Waals surface area contributed by atoms with Gasteiger partial charge in [-0.1, -0.05) is 35.0 Å². The minimum Gasteiger partial charge on any atom is -0.492 e. The number of likely N-dealkylation sites (N-methyl/N-ethyl adjacent to an activating group) is 1. The third-order valence-electron chi connectivity index (χ3n) is 4.01. The number of amides is 1. The van der Waals surface area contributed by atoms with Crippen molar-refractivity contribution >= 4 is 23.2 Å². The molecule has 136 valence electrons. The number of nitrogens with zero attached hydrogens (tertiary/aromatic N) is 2. The van der Waals surface area contributed by atoms with Crippen LogP contribution in [0.15, 0.2) is 53.7 Å². The van der Waals surface area contributed by atoms with Crippen LogP contribution in [0.2, 0.25) is 5.02 Å². The predicted molar refractivity (Wildman–Crippen MR) is 97.0 cm³/mol. The Balaban J connectivity index is 1.49. The van der Waals surface area contributed by atoms with Crippen molar-refractivity contribution in [3.63, 3.8) is 0 Å². The van der Waals surface area contributed by atoms with Crippen LogP contribution in [0.25, 0.3) is 0 Å². The average molecular weight is 377 g/mol. The molecular formula is C19H18ClFN2O3. The first-order valence-corrected chi connectivity index (χ1v) is 8.53. The van der Waals surface area contributed by atoms with Crippen LogP contribution in [0.5, 0.6) is 5.75 Å². The zero-order chi connectivity index (χ0) is 18.5. The Morgan fingerprint density at radius 1 is 1.31 bits per heavy atom. The molecule has 0 radical (unpaired) electrons. The molecule has 1 heterocycles. The standard InChI is InChI=1S/C19H18ClFN2O3/c1-23(10-11-25-14-8-6-13(21)7-9-14)19(24)18-12-17(22-26-18)15-4-2-3-5-16(15)20/h2-9,18H,10-12H2,1H3. The molecule has 0 bridgehead atoms. The van der Waals surface area contributed by atoms with Crippen LogP contribution in [-0.4, -0.2) is 42.8 Å². The lowest BCUT2D eigenvalue weighted by molar-refractivity contribution is -0.141. The first kappa shape index (κ1) is 18.2. The molecule has 0 spiro atoms. The molecule has 0 aromatic heterocycles. The van der Waals surface area contributed by atoms with Crippen molar-refractivity contribution in [3.05, 3.63) is 64.9 Å². The summed E-state index contributed by atoms with van der Waals surface area (Å²) in [6.45, 7) is 0.663. The lowest BCUT2D eigenvalue weighted by Crippen LogP contribution is -2.38. The number of carbonyl (C=O) groups excluding carboxylic acids is 1. The van der Waals surface area contributed by atoms with Gasteiger partial charge in [0.25, 0.3) is 5.91 Å². The van der Waals surface area contributed by atoms with Crippen LogP contribution in [0.4, 0.5) is 4.39 Å². The fourth-order valence-corrected chi connectivity index (χ4v) is 2.80. The molecule has 1 aliphatic rings. The van der Waals surface area contributed by atoms with Gasteiger partial charge in [-0.25, -0.2) is 4.39 Å². The van der Waals surface area contributed by atoms with Crippen molar-refractivity contribution in [1.82, 2.24) is 4.90 Å². The van der Waals surface area contributed by atoms with E-state index in [0.717, 1.165) is 5.56 Å². The fraction of sp³-hybridized carbons (Fsp3) is 0.263. The van der Waals surface area contributed by atoms with Crippen molar-refractivity contribution in [2.45, 2.75) is 12.5 Å². The van der Waals surface area contributed by atoms with Crippen LogP contribution in [0.1, 0.15) is 12.0 Å². The van der Waals surface area contributed by atoms with Crippen molar-refractivity contribution < 1.29 is 18.8 Å². The highest BCUT2D eigenvalue weighted by Gasteiger charge is 2.31. The molecule has 1 atom stereocenters. The monoisotopic (exact) mass is 376 g/mol. The summed E-state index contributed by atoms with van der Waals surface area (Å²) in [4.78, 5) is 19.3. The van der Waals surface area contributed by atoms with Gasteiger partial charge < -0.3 is 14.5 Å². The average Bonchev–Trinajstić information content (AvgIpc) is 3.13. The summed E-state index contributed by atoms with van der Waals surface area (Å²) in [7, 11) is 1.67. The number of carbonyl (C=O) groups is 1. The lowest BCUT2D eigenvalue weighted by Gasteiger charge is -2.20. The van der Waals surface area contributed by atoms with E-state index in [2.05, 4.69) is 5.16 Å². The summed E-state index contributed by atoms with van der Waals surface area (Å²) in [6, 6.07) is 13.0. The summed E-state index contributed by atoms with van der Waals surface area (Å²) in [5, 5.41) is 4.58. The van der Waals surface area contributed by atoms with E-state index in [4.69, 9.17) is 21.2 Å². The van der Waals surface area contributed by atoms with Gasteiger partial charge in [0.2, 0.25) is 6.10 Å². The highest BCUT2D eigenvalue weighted by Crippen LogP contribution is 2.23. The number of ether oxygens (including phenoxy) is 1. The SMILES string of the molecule is CN(CCOc1ccc(F)cc1)C(=O)C1CC(c2ccccc2Cl)=NO1. The normalized spacial score (nSPS) is 16.0. The van der Waals surface area contributed by atoms with Crippen LogP contribution >= 0.6 is 11.6 Å². The van der Waals surface area contributed by atoms with Gasteiger partial charge in [-0.3, -0.25) is 4.79 Å². The zero-order valence-electron chi connectivity index (χ0n) is 14.2. The van der Waals surface area contributed by atoms with Crippen molar-refractivity contribution in [1.29, 1.82) is 0 Å². The summed E-state index contributed by atoms with van der Waals surface area (Å²) >= 11 is 6.16. The number of halogens is 2. The highest BCUT2D eigenvalue weighted by molar-refractivity contribution is 6.34. The Hall–Kier alpha value is -2.60. The number of oxime groups is 1. The third-order valence-corrected chi connectivity index (χ3v) is 4.34. The van der Waals surface area contributed by atoms with Gasteiger partial charge in [0.1, 0.15) is 18.2 Å². The number of hydrogen-bond donors (Lipinski definition) is 0. The smallest absolute Gasteiger partial charge is 0.266 e. The molecule has 5 nitrogen and oxygen atoms in total. The second kappa shape index (κ2) is 8.19. The van der Waals surface area contributed by atoms with E-state index in [9.17, 15) is 9.18 Å². The van der Waals surface area contributed by atoms with Gasteiger partial charge in [-0.15, -0.1) is 0 Å². The molecule has 26 heavy (non-hydrogen) atoms. The van der Waals surface area contributed by atoms with E-state index < -0.39 is 6.10 Å². The number of hydrogen-bond acceptors (Lipinski definition) is 4. The van der Waals surface area contributed by atoms with Gasteiger partial charge in [0, 0.05) is 24.1 Å². The van der Waals surface area contributed by atoms with Crippen molar-refractivity contribution in [2.75, 3.05) is 20.2 Å². The van der Waals surface area contributed by atoms with Gasteiger partial charge in [-0.2, -0.15) is 0 Å². The molecule has 1 amide bonds. The first-order valence-electron chi connectivity index (χ1n) is 8.15. The van der Waals surface area contributed by atoms with Gasteiger partial charge in [0.05, 0.1) is 12.3 Å². The van der Waals surface area contributed by atoms with E-state index in [-0.39, 0.29) is 11.7 Å². The molecule has 0 N–H and O–H groups in total. The third kappa shape index (κ3) is 4.32. The molecule has 0 aliphatic carbocycles. The van der Waals surface area contributed by atoms with Crippen LogP contribution in [-0.2, 0) is 9.63 Å². The van der Waals surface area contributed by atoms with Crippen LogP contribution in [0, 0.1) is 5.82 Å². The Kier molecular flexibility index (Phi) is 5.73. The molecule has 1 unspecified atom stereocenters. The maximum absolute atomic E-state index is 12.9. The number of benzene rings is 2. The molecule has 0 saturated carbocycles. The van der Waals surface area contributed by atoms with Crippen LogP contribution in [0.3, 0.4) is 0 Å². The molecule has 1 aliphatic heterocycles. The molecule has 3 rings (SSSR count). The van der Waals surface area contributed by atoms with Gasteiger partial charge >= 0.3 is 0 Å². The van der Waals surface area contributed by atoms with E-state index in [1.165, 1.54) is 17.0 Å². The van der Waals surface area contributed by atoms with Gasteiger partial charge in [-0.05, 0) is 30.3 Å². The topological polar surface area (TPSA) is 51.1 Å². The molecule has 0 saturated heterocycles. The van der Waals surface area contributed by atoms with E-state index in [1.54, 1.807) is 25.2 Å². The second-order valence-corrected chi connectivity index (χ2v) is 6.29. The van der Waals surface area contributed by atoms with Crippen molar-refractivity contribution in [3.8, 4) is 5.75 Å². The minimum atomic E-state index is -0.669. The fourth-order valence-electron chi connectivity index (χ4n) is 2.55. The molecule has 7 heteroatoms. The van der Waals surface area contributed by atoms with Crippen LogP contribution < -0.4 is 4.74 Å². The zero-order valence-corrected chi connectivity index (χ0v) is 14.9. The Labute approximate surface area is 156 Å². The predicted octanol–water partition coefficient (Wildman–Crippen LogP) is 3.51. The molecular weight excluding hydrogens is 359 g/mol. The lowest BCUT2D eigenvalue weighted by atomic mass is 10.0. The summed E-state index contributed by atoms with van der Waals surface area (Å²) in [5.74, 6) is 0.0459. The highest BCUT2D eigenvalue weighted by atomic mass is 35.5. The first-order chi connectivity index (χ1) is 12.5. The molecule has 2 aromatic rings. The summed E-state index contributed by atoms with van der Waals surface area (Å²) < 4.78 is 18.4. The van der Waals surface area contributed by atoms with Crippen molar-refractivity contribution in [2.24, 2.45) is 5.16 Å². The number of rotatable bonds is 6. The van der Waals surface area contributed by atoms with E-state index in [1.807, 2.05) is 18.2 Å². The Morgan fingerprint density at radius 2 is 2.04 bits per heavy atom. The van der Waals surface area contributed by atoms with E-state index >= 15 is 0 Å². The molecule has 2 aromatic carbocycles. The molecule has 0 fully saturated rings. The minimum absolute atomic E-state index is 0.182. The summed E-state index contributed by atoms with van der Waals surface area (Å²) in [6.07, 6.45) is -0.303. The van der Waals surface area contributed by atoms with Gasteiger partial charge in [0.15, 0.2) is 0 Å². The van der Waals surface area contributed by atoms with E-state index in [0.29, 0.717) is 36.1 Å². The largest absolute Gasteiger partial charge is 0.492 e.